The van der Waals surface area contributed by atoms with Crippen LogP contribution in [-0.4, -0.2) is 40.0 Å². The fourth-order valence-electron chi connectivity index (χ4n) is 4.10. The Hall–Kier alpha value is -4.14. The number of nitrogens with one attached hydrogen (secondary N) is 1. The van der Waals surface area contributed by atoms with Crippen LogP contribution in [-0.2, 0) is 16.1 Å². The Morgan fingerprint density at radius 2 is 1.84 bits per heavy atom. The van der Waals surface area contributed by atoms with Gasteiger partial charge in [0.25, 0.3) is 5.91 Å². The number of anilines is 1. The number of amides is 2. The Morgan fingerprint density at radius 1 is 1.08 bits per heavy atom. The number of benzene rings is 2. The molecule has 0 aliphatic rings. The molecule has 0 bridgehead atoms. The highest BCUT2D eigenvalue weighted by Crippen LogP contribution is 2.31. The second kappa shape index (κ2) is 11.7. The van der Waals surface area contributed by atoms with Gasteiger partial charge >= 0.3 is 0 Å². The second-order valence-corrected chi connectivity index (χ2v) is 9.25. The summed E-state index contributed by atoms with van der Waals surface area (Å²) in [5.74, 6) is 1.47. The number of rotatable bonds is 11. The van der Waals surface area contributed by atoms with E-state index in [1.807, 2.05) is 38.1 Å². The third-order valence-electron chi connectivity index (χ3n) is 5.96. The van der Waals surface area contributed by atoms with E-state index in [0.29, 0.717) is 47.5 Å². The smallest absolute Gasteiger partial charge is 0.251 e. The molecular weight excluding hydrogens is 470 g/mol. The third kappa shape index (κ3) is 6.17. The van der Waals surface area contributed by atoms with Crippen molar-refractivity contribution in [1.29, 1.82) is 0 Å². The fourth-order valence-corrected chi connectivity index (χ4v) is 4.10. The first-order valence-corrected chi connectivity index (χ1v) is 12.5. The van der Waals surface area contributed by atoms with Gasteiger partial charge in [-0.3, -0.25) is 14.5 Å². The number of carbonyl (C=O) groups is 2. The van der Waals surface area contributed by atoms with E-state index in [9.17, 15) is 9.59 Å². The molecule has 0 spiro atoms. The van der Waals surface area contributed by atoms with E-state index in [-0.39, 0.29) is 18.4 Å². The molecule has 37 heavy (non-hydrogen) atoms. The quantitative estimate of drug-likeness (QED) is 0.319. The summed E-state index contributed by atoms with van der Waals surface area (Å²) in [7, 11) is 0. The standard InChI is InChI=1S/C28H33N5O4/c1-5-36-22-13-11-21(12-14-22)33(26(34)18-32-24-9-7-6-8-23(24)30-31-32)27(25-15-10-20(4)37-25)28(35)29-17-16-19(2)3/h6-15,19,27H,5,16-18H2,1-4H3,(H,29,35). The molecular formula is C28H33N5O4. The van der Waals surface area contributed by atoms with Gasteiger partial charge < -0.3 is 14.5 Å². The second-order valence-electron chi connectivity index (χ2n) is 9.25. The van der Waals surface area contributed by atoms with Gasteiger partial charge in [-0.2, -0.15) is 0 Å². The number of para-hydroxylation sites is 1. The topological polar surface area (TPSA) is 102 Å². The first kappa shape index (κ1) is 25.9. The molecule has 0 radical (unpaired) electrons. The van der Waals surface area contributed by atoms with Crippen molar-refractivity contribution < 1.29 is 18.7 Å². The molecule has 2 heterocycles. The Labute approximate surface area is 216 Å². The van der Waals surface area contributed by atoms with E-state index in [2.05, 4.69) is 29.5 Å². The normalized spacial score (nSPS) is 12.0. The minimum absolute atomic E-state index is 0.108. The van der Waals surface area contributed by atoms with Crippen molar-refractivity contribution in [1.82, 2.24) is 20.3 Å². The van der Waals surface area contributed by atoms with E-state index >= 15 is 0 Å². The molecule has 2 amide bonds. The van der Waals surface area contributed by atoms with Crippen molar-refractivity contribution in [3.05, 3.63) is 72.2 Å². The molecule has 9 nitrogen and oxygen atoms in total. The maximum absolute atomic E-state index is 14.0. The van der Waals surface area contributed by atoms with Crippen molar-refractivity contribution >= 4 is 28.5 Å². The third-order valence-corrected chi connectivity index (χ3v) is 5.96. The van der Waals surface area contributed by atoms with Crippen molar-refractivity contribution in [3.8, 4) is 5.75 Å². The Kier molecular flexibility index (Phi) is 8.22. The van der Waals surface area contributed by atoms with Crippen molar-refractivity contribution in [2.75, 3.05) is 18.1 Å². The number of nitrogens with zero attached hydrogens (tertiary/aromatic N) is 4. The Bertz CT molecular complexity index is 1340. The molecule has 4 aromatic rings. The van der Waals surface area contributed by atoms with Gasteiger partial charge in [0.15, 0.2) is 6.04 Å². The van der Waals surface area contributed by atoms with Crippen molar-refractivity contribution in [2.45, 2.75) is 46.7 Å². The van der Waals surface area contributed by atoms with E-state index in [0.717, 1.165) is 11.9 Å². The fraction of sp³-hybridized carbons (Fsp3) is 0.357. The van der Waals surface area contributed by atoms with Crippen LogP contribution < -0.4 is 15.0 Å². The zero-order valence-electron chi connectivity index (χ0n) is 21.7. The molecule has 2 aromatic carbocycles. The average molecular weight is 504 g/mol. The highest BCUT2D eigenvalue weighted by molar-refractivity contribution is 6.01. The molecule has 1 N–H and O–H groups in total. The van der Waals surface area contributed by atoms with E-state index in [1.165, 1.54) is 4.90 Å². The van der Waals surface area contributed by atoms with E-state index in [4.69, 9.17) is 9.15 Å². The van der Waals surface area contributed by atoms with Gasteiger partial charge in [-0.05, 0) is 74.7 Å². The molecule has 0 saturated heterocycles. The van der Waals surface area contributed by atoms with Crippen LogP contribution >= 0.6 is 0 Å². The lowest BCUT2D eigenvalue weighted by molar-refractivity contribution is -0.127. The lowest BCUT2D eigenvalue weighted by atomic mass is 10.1. The summed E-state index contributed by atoms with van der Waals surface area (Å²) in [6, 6.07) is 17.0. The zero-order valence-corrected chi connectivity index (χ0v) is 21.7. The van der Waals surface area contributed by atoms with E-state index in [1.54, 1.807) is 41.1 Å². The molecule has 2 aromatic heterocycles. The predicted molar refractivity (Wildman–Crippen MR) is 141 cm³/mol. The van der Waals surface area contributed by atoms with Crippen LogP contribution in [0.4, 0.5) is 5.69 Å². The number of hydrogen-bond donors (Lipinski definition) is 1. The van der Waals surface area contributed by atoms with Crippen LogP contribution in [0, 0.1) is 12.8 Å². The molecule has 4 rings (SSSR count). The van der Waals surface area contributed by atoms with Gasteiger partial charge in [0, 0.05) is 12.2 Å². The number of carbonyl (C=O) groups excluding carboxylic acids is 2. The van der Waals surface area contributed by atoms with Gasteiger partial charge in [-0.25, -0.2) is 4.68 Å². The summed E-state index contributed by atoms with van der Waals surface area (Å²) < 4.78 is 13.0. The van der Waals surface area contributed by atoms with Crippen LogP contribution in [0.25, 0.3) is 11.0 Å². The molecule has 1 unspecified atom stereocenters. The van der Waals surface area contributed by atoms with Gasteiger partial charge in [0.2, 0.25) is 5.91 Å². The van der Waals surface area contributed by atoms with Crippen LogP contribution in [0.1, 0.15) is 44.8 Å². The number of aromatic nitrogens is 3. The lowest BCUT2D eigenvalue weighted by Gasteiger charge is -2.30. The highest BCUT2D eigenvalue weighted by atomic mass is 16.5. The highest BCUT2D eigenvalue weighted by Gasteiger charge is 2.35. The van der Waals surface area contributed by atoms with Gasteiger partial charge in [-0.15, -0.1) is 5.10 Å². The van der Waals surface area contributed by atoms with Crippen LogP contribution in [0.15, 0.2) is 65.1 Å². The molecule has 194 valence electrons. The first-order valence-electron chi connectivity index (χ1n) is 12.5. The van der Waals surface area contributed by atoms with Crippen LogP contribution in [0.3, 0.4) is 0 Å². The Balaban J connectivity index is 1.74. The minimum atomic E-state index is -1.01. The number of fused-ring (bicyclic) bond motifs is 1. The summed E-state index contributed by atoms with van der Waals surface area (Å²) >= 11 is 0. The lowest BCUT2D eigenvalue weighted by Crippen LogP contribution is -2.45. The van der Waals surface area contributed by atoms with Crippen LogP contribution in [0.5, 0.6) is 5.75 Å². The number of ether oxygens (including phenoxy) is 1. The summed E-state index contributed by atoms with van der Waals surface area (Å²) in [6.07, 6.45) is 0.817. The summed E-state index contributed by atoms with van der Waals surface area (Å²) in [6.45, 7) is 8.81. The summed E-state index contributed by atoms with van der Waals surface area (Å²) in [5.41, 5.74) is 1.96. The van der Waals surface area contributed by atoms with Crippen LogP contribution in [0.2, 0.25) is 0 Å². The number of hydrogen-bond acceptors (Lipinski definition) is 6. The minimum Gasteiger partial charge on any atom is -0.494 e. The van der Waals surface area contributed by atoms with Crippen molar-refractivity contribution in [2.24, 2.45) is 5.92 Å². The molecule has 0 aliphatic heterocycles. The molecule has 1 atom stereocenters. The predicted octanol–water partition coefficient (Wildman–Crippen LogP) is 4.67. The Morgan fingerprint density at radius 3 is 2.51 bits per heavy atom. The van der Waals surface area contributed by atoms with Gasteiger partial charge in [0.05, 0.1) is 12.1 Å². The monoisotopic (exact) mass is 503 g/mol. The van der Waals surface area contributed by atoms with Crippen molar-refractivity contribution in [3.63, 3.8) is 0 Å². The van der Waals surface area contributed by atoms with E-state index < -0.39 is 6.04 Å². The molecule has 0 aliphatic carbocycles. The van der Waals surface area contributed by atoms with Gasteiger partial charge in [-0.1, -0.05) is 31.2 Å². The molecule has 0 saturated carbocycles. The maximum atomic E-state index is 14.0. The number of aryl methyl sites for hydroxylation is 1. The first-order chi connectivity index (χ1) is 17.9. The SMILES string of the molecule is CCOc1ccc(N(C(=O)Cn2nnc3ccccc32)C(C(=O)NCCC(C)C)c2ccc(C)o2)cc1. The maximum Gasteiger partial charge on any atom is 0.251 e. The van der Waals surface area contributed by atoms with Gasteiger partial charge in [0.1, 0.15) is 29.3 Å². The largest absolute Gasteiger partial charge is 0.494 e. The summed E-state index contributed by atoms with van der Waals surface area (Å²) in [4.78, 5) is 29.0. The molecule has 9 heteroatoms. The molecule has 0 fully saturated rings. The zero-order chi connectivity index (χ0) is 26.4. The summed E-state index contributed by atoms with van der Waals surface area (Å²) in [5, 5.41) is 11.3. The average Bonchev–Trinajstić information content (AvgIpc) is 3.49. The number of furan rings is 1.